The summed E-state index contributed by atoms with van der Waals surface area (Å²) in [7, 11) is 1.58. The highest BCUT2D eigenvalue weighted by Crippen LogP contribution is 2.08. The average Bonchev–Trinajstić information content (AvgIpc) is 2.54. The highest BCUT2D eigenvalue weighted by atomic mass is 16.5. The van der Waals surface area contributed by atoms with Gasteiger partial charge in [0.2, 0.25) is 0 Å². The molecular weight excluding hydrogens is 286 g/mol. The van der Waals surface area contributed by atoms with Gasteiger partial charge in [-0.05, 0) is 12.1 Å². The van der Waals surface area contributed by atoms with Crippen LogP contribution in [-0.2, 0) is 4.74 Å². The summed E-state index contributed by atoms with van der Waals surface area (Å²) in [5, 5.41) is 18.1. The summed E-state index contributed by atoms with van der Waals surface area (Å²) < 4.78 is 10.3. The summed E-state index contributed by atoms with van der Waals surface area (Å²) in [6.45, 7) is 2.64. The normalized spacial score (nSPS) is 11.7. The summed E-state index contributed by atoms with van der Waals surface area (Å²) in [5.74, 6) is 0.732. The molecule has 0 aromatic heterocycles. The summed E-state index contributed by atoms with van der Waals surface area (Å²) in [6, 6.07) is 9.11. The van der Waals surface area contributed by atoms with E-state index in [2.05, 4.69) is 16.0 Å². The molecule has 4 N–H and O–H groups in total. The van der Waals surface area contributed by atoms with Crippen molar-refractivity contribution < 1.29 is 19.4 Å². The molecule has 0 spiro atoms. The van der Waals surface area contributed by atoms with Crippen LogP contribution in [-0.4, -0.2) is 63.7 Å². The van der Waals surface area contributed by atoms with Gasteiger partial charge in [-0.3, -0.25) is 0 Å². The van der Waals surface area contributed by atoms with E-state index in [1.54, 1.807) is 7.11 Å². The second kappa shape index (κ2) is 11.8. The molecule has 1 unspecified atom stereocenters. The Morgan fingerprint density at radius 3 is 2.64 bits per heavy atom. The van der Waals surface area contributed by atoms with Gasteiger partial charge < -0.3 is 30.5 Å². The van der Waals surface area contributed by atoms with Crippen molar-refractivity contribution in [2.24, 2.45) is 0 Å². The molecule has 0 heterocycles. The number of nitrogens with one attached hydrogen (secondary N) is 3. The van der Waals surface area contributed by atoms with Crippen molar-refractivity contribution >= 4 is 6.03 Å². The van der Waals surface area contributed by atoms with E-state index in [0.717, 1.165) is 5.75 Å². The molecular formula is C15H25N3O4. The van der Waals surface area contributed by atoms with E-state index in [9.17, 15) is 9.90 Å². The second-order valence-corrected chi connectivity index (χ2v) is 4.66. The number of carbonyl (C=O) groups is 1. The van der Waals surface area contributed by atoms with Crippen LogP contribution in [0.15, 0.2) is 30.3 Å². The minimum absolute atomic E-state index is 0.224. The number of hydrogen-bond donors (Lipinski definition) is 4. The Kier molecular flexibility index (Phi) is 9.76. The molecule has 2 amide bonds. The Morgan fingerprint density at radius 2 is 1.91 bits per heavy atom. The molecule has 7 heteroatoms. The highest BCUT2D eigenvalue weighted by Gasteiger charge is 2.04. The summed E-state index contributed by atoms with van der Waals surface area (Å²) in [6.07, 6.45) is -0.601. The lowest BCUT2D eigenvalue weighted by Gasteiger charge is -2.13. The van der Waals surface area contributed by atoms with Crippen molar-refractivity contribution in [1.29, 1.82) is 0 Å². The van der Waals surface area contributed by atoms with Gasteiger partial charge in [-0.15, -0.1) is 0 Å². The number of hydrogen-bond acceptors (Lipinski definition) is 5. The van der Waals surface area contributed by atoms with Gasteiger partial charge in [0.1, 0.15) is 18.5 Å². The molecule has 1 atom stereocenters. The van der Waals surface area contributed by atoms with Crippen LogP contribution in [0.5, 0.6) is 5.75 Å². The molecule has 1 aromatic rings. The molecule has 0 fully saturated rings. The molecule has 0 radical (unpaired) electrons. The summed E-state index contributed by atoms with van der Waals surface area (Å²) in [4.78, 5) is 11.3. The van der Waals surface area contributed by atoms with Crippen LogP contribution in [0.4, 0.5) is 4.79 Å². The van der Waals surface area contributed by atoms with Crippen LogP contribution in [0.3, 0.4) is 0 Å². The van der Waals surface area contributed by atoms with Gasteiger partial charge in [-0.25, -0.2) is 4.79 Å². The molecule has 0 aliphatic heterocycles. The first-order chi connectivity index (χ1) is 10.7. The van der Waals surface area contributed by atoms with Crippen LogP contribution in [0.2, 0.25) is 0 Å². The van der Waals surface area contributed by atoms with Gasteiger partial charge in [0, 0.05) is 33.3 Å². The standard InChI is InChI=1S/C15H25N3O4/c1-21-10-9-18-15(20)17-8-7-16-11-13(19)12-22-14-5-3-2-4-6-14/h2-6,13,16,19H,7-12H2,1H3,(H2,17,18,20). The molecule has 22 heavy (non-hydrogen) atoms. The lowest BCUT2D eigenvalue weighted by atomic mass is 10.3. The first-order valence-electron chi connectivity index (χ1n) is 7.29. The van der Waals surface area contributed by atoms with E-state index >= 15 is 0 Å². The van der Waals surface area contributed by atoms with E-state index in [4.69, 9.17) is 9.47 Å². The molecule has 0 saturated carbocycles. The third-order valence-electron chi connectivity index (χ3n) is 2.74. The zero-order chi connectivity index (χ0) is 16.0. The van der Waals surface area contributed by atoms with Gasteiger partial charge >= 0.3 is 6.03 Å². The minimum atomic E-state index is -0.601. The van der Waals surface area contributed by atoms with Crippen molar-refractivity contribution in [1.82, 2.24) is 16.0 Å². The predicted molar refractivity (Wildman–Crippen MR) is 84.1 cm³/mol. The average molecular weight is 311 g/mol. The van der Waals surface area contributed by atoms with E-state index in [0.29, 0.717) is 32.8 Å². The number of urea groups is 1. The lowest BCUT2D eigenvalue weighted by molar-refractivity contribution is 0.106. The van der Waals surface area contributed by atoms with Crippen LogP contribution in [0, 0.1) is 0 Å². The molecule has 0 saturated heterocycles. The van der Waals surface area contributed by atoms with Crippen LogP contribution in [0.25, 0.3) is 0 Å². The molecule has 0 aliphatic carbocycles. The largest absolute Gasteiger partial charge is 0.491 e. The Bertz CT molecular complexity index is 403. The summed E-state index contributed by atoms with van der Waals surface area (Å²) in [5.41, 5.74) is 0. The fraction of sp³-hybridized carbons (Fsp3) is 0.533. The SMILES string of the molecule is COCCNC(=O)NCCNCC(O)COc1ccccc1. The van der Waals surface area contributed by atoms with Crippen molar-refractivity contribution in [3.8, 4) is 5.75 Å². The van der Waals surface area contributed by atoms with Crippen molar-refractivity contribution in [3.05, 3.63) is 30.3 Å². The molecule has 1 rings (SSSR count). The third-order valence-corrected chi connectivity index (χ3v) is 2.74. The number of carbonyl (C=O) groups excluding carboxylic acids is 1. The maximum atomic E-state index is 11.3. The van der Waals surface area contributed by atoms with E-state index < -0.39 is 6.10 Å². The first-order valence-corrected chi connectivity index (χ1v) is 7.29. The molecule has 0 bridgehead atoms. The maximum Gasteiger partial charge on any atom is 0.314 e. The summed E-state index contributed by atoms with van der Waals surface area (Å²) >= 11 is 0. The number of benzene rings is 1. The zero-order valence-corrected chi connectivity index (χ0v) is 12.9. The van der Waals surface area contributed by atoms with E-state index in [1.165, 1.54) is 0 Å². The van der Waals surface area contributed by atoms with Crippen molar-refractivity contribution in [2.45, 2.75) is 6.10 Å². The Morgan fingerprint density at radius 1 is 1.18 bits per heavy atom. The number of para-hydroxylation sites is 1. The number of rotatable bonds is 11. The number of aliphatic hydroxyl groups is 1. The smallest absolute Gasteiger partial charge is 0.314 e. The first kappa shape index (κ1) is 18.2. The quantitative estimate of drug-likeness (QED) is 0.431. The molecule has 1 aromatic carbocycles. The molecule has 7 nitrogen and oxygen atoms in total. The van der Waals surface area contributed by atoms with Crippen LogP contribution in [0.1, 0.15) is 0 Å². The Hall–Kier alpha value is -1.83. The number of methoxy groups -OCH3 is 1. The minimum Gasteiger partial charge on any atom is -0.491 e. The second-order valence-electron chi connectivity index (χ2n) is 4.66. The van der Waals surface area contributed by atoms with Gasteiger partial charge in [0.25, 0.3) is 0 Å². The number of ether oxygens (including phenoxy) is 2. The van der Waals surface area contributed by atoms with Gasteiger partial charge in [-0.2, -0.15) is 0 Å². The van der Waals surface area contributed by atoms with E-state index in [1.807, 2.05) is 30.3 Å². The maximum absolute atomic E-state index is 11.3. The van der Waals surface area contributed by atoms with Crippen LogP contribution >= 0.6 is 0 Å². The van der Waals surface area contributed by atoms with Crippen LogP contribution < -0.4 is 20.7 Å². The number of amides is 2. The van der Waals surface area contributed by atoms with Crippen molar-refractivity contribution in [3.63, 3.8) is 0 Å². The molecule has 0 aliphatic rings. The third kappa shape index (κ3) is 9.17. The predicted octanol–water partition coefficient (Wildman–Crippen LogP) is -0.0385. The molecule has 124 valence electrons. The Balaban J connectivity index is 1.96. The fourth-order valence-electron chi connectivity index (χ4n) is 1.63. The monoisotopic (exact) mass is 311 g/mol. The lowest BCUT2D eigenvalue weighted by Crippen LogP contribution is -2.41. The van der Waals surface area contributed by atoms with E-state index in [-0.39, 0.29) is 12.6 Å². The number of aliphatic hydroxyl groups excluding tert-OH is 1. The Labute approximate surface area is 131 Å². The van der Waals surface area contributed by atoms with Crippen molar-refractivity contribution in [2.75, 3.05) is 46.5 Å². The topological polar surface area (TPSA) is 91.9 Å². The fourth-order valence-corrected chi connectivity index (χ4v) is 1.63. The van der Waals surface area contributed by atoms with Gasteiger partial charge in [0.15, 0.2) is 0 Å². The highest BCUT2D eigenvalue weighted by molar-refractivity contribution is 5.73. The van der Waals surface area contributed by atoms with Gasteiger partial charge in [0.05, 0.1) is 6.61 Å². The van der Waals surface area contributed by atoms with Gasteiger partial charge in [-0.1, -0.05) is 18.2 Å². The zero-order valence-electron chi connectivity index (χ0n) is 12.9.